The lowest BCUT2D eigenvalue weighted by atomic mass is 10.2. The molecule has 0 radical (unpaired) electrons. The molecule has 1 heterocycles. The molecule has 11 heteroatoms. The van der Waals surface area contributed by atoms with E-state index in [4.69, 9.17) is 11.6 Å². The number of amides is 1. The molecule has 0 atom stereocenters. The van der Waals surface area contributed by atoms with Crippen LogP contribution in [-0.4, -0.2) is 34.7 Å². The second-order valence-corrected chi connectivity index (χ2v) is 3.91. The molecule has 1 amide bonds. The number of pyridine rings is 1. The van der Waals surface area contributed by atoms with Gasteiger partial charge in [0.05, 0.1) is 11.5 Å². The summed E-state index contributed by atoms with van der Waals surface area (Å²) in [6.45, 7) is -1.67. The molecule has 1 N–H and O–H groups in total. The number of hydrogen-bond acceptors (Lipinski definition) is 4. The van der Waals surface area contributed by atoms with Gasteiger partial charge in [0.1, 0.15) is 16.9 Å². The van der Waals surface area contributed by atoms with Crippen LogP contribution in [0.4, 0.5) is 23.2 Å². The number of carbonyl (C=O) groups is 1. The van der Waals surface area contributed by atoms with E-state index in [0.717, 1.165) is 6.07 Å². The summed E-state index contributed by atoms with van der Waals surface area (Å²) in [6, 6.07) is 0.773. The topological polar surface area (TPSA) is 85.1 Å². The zero-order valence-electron chi connectivity index (χ0n) is 9.45. The van der Waals surface area contributed by atoms with Gasteiger partial charge in [-0.3, -0.25) is 14.9 Å². The Balaban J connectivity index is 2.93. The lowest BCUT2D eigenvalue weighted by Gasteiger charge is -2.15. The number of nitrogens with zero attached hydrogens (tertiary/aromatic N) is 2. The Kier molecular flexibility index (Phi) is 4.82. The largest absolute Gasteiger partial charge is 0.346 e. The van der Waals surface area contributed by atoms with Crippen molar-refractivity contribution in [3.63, 3.8) is 0 Å². The molecule has 0 saturated carbocycles. The van der Waals surface area contributed by atoms with Gasteiger partial charge in [0.2, 0.25) is 0 Å². The Morgan fingerprint density at radius 1 is 1.55 bits per heavy atom. The van der Waals surface area contributed by atoms with Crippen LogP contribution < -0.4 is 5.32 Å². The maximum atomic E-state index is 12.6. The van der Waals surface area contributed by atoms with Crippen molar-refractivity contribution in [1.29, 1.82) is 0 Å². The molecule has 1 aromatic rings. The molecule has 0 aliphatic carbocycles. The first-order valence-corrected chi connectivity index (χ1v) is 5.27. The van der Waals surface area contributed by atoms with Crippen molar-refractivity contribution in [2.75, 3.05) is 6.54 Å². The van der Waals surface area contributed by atoms with Crippen molar-refractivity contribution in [1.82, 2.24) is 10.3 Å². The van der Waals surface area contributed by atoms with Gasteiger partial charge in [-0.1, -0.05) is 11.6 Å². The third kappa shape index (κ3) is 3.76. The molecule has 6 nitrogen and oxygen atoms in total. The summed E-state index contributed by atoms with van der Waals surface area (Å²) in [5.41, 5.74) is -1.44. The number of nitro groups is 1. The van der Waals surface area contributed by atoms with Crippen LogP contribution in [-0.2, 0) is 0 Å². The second-order valence-electron chi connectivity index (χ2n) is 3.53. The van der Waals surface area contributed by atoms with Crippen molar-refractivity contribution in [3.05, 3.63) is 33.1 Å². The Morgan fingerprint density at radius 3 is 2.65 bits per heavy atom. The SMILES string of the molecule is O=C(NCC(F)(F)C(F)F)c1cc(Cl)ncc1[N+](=O)[O-]. The molecule has 20 heavy (non-hydrogen) atoms. The molecule has 1 aromatic heterocycles. The van der Waals surface area contributed by atoms with Crippen LogP contribution in [0.1, 0.15) is 10.4 Å². The Morgan fingerprint density at radius 2 is 2.15 bits per heavy atom. The number of alkyl halides is 4. The molecule has 1 rings (SSSR count). The quantitative estimate of drug-likeness (QED) is 0.391. The Labute approximate surface area is 113 Å². The number of rotatable bonds is 5. The smallest absolute Gasteiger partial charge is 0.324 e. The summed E-state index contributed by atoms with van der Waals surface area (Å²) >= 11 is 5.42. The van der Waals surface area contributed by atoms with Gasteiger partial charge in [-0.15, -0.1) is 0 Å². The molecule has 0 unspecified atom stereocenters. The summed E-state index contributed by atoms with van der Waals surface area (Å²) < 4.78 is 49.0. The summed E-state index contributed by atoms with van der Waals surface area (Å²) in [6.07, 6.45) is -3.32. The fraction of sp³-hybridized carbons (Fsp3) is 0.333. The fourth-order valence-electron chi connectivity index (χ4n) is 1.12. The maximum Gasteiger partial charge on any atom is 0.324 e. The van der Waals surface area contributed by atoms with E-state index in [2.05, 4.69) is 4.98 Å². The van der Waals surface area contributed by atoms with Gasteiger partial charge in [-0.25, -0.2) is 13.8 Å². The fourth-order valence-corrected chi connectivity index (χ4v) is 1.28. The summed E-state index contributed by atoms with van der Waals surface area (Å²) in [5, 5.41) is 11.8. The van der Waals surface area contributed by atoms with Crippen LogP contribution >= 0.6 is 11.6 Å². The minimum Gasteiger partial charge on any atom is -0.346 e. The Hall–Kier alpha value is -1.97. The van der Waals surface area contributed by atoms with E-state index >= 15 is 0 Å². The van der Waals surface area contributed by atoms with E-state index in [9.17, 15) is 32.5 Å². The summed E-state index contributed by atoms with van der Waals surface area (Å²) in [4.78, 5) is 24.5. The van der Waals surface area contributed by atoms with E-state index in [-0.39, 0.29) is 5.15 Å². The highest BCUT2D eigenvalue weighted by atomic mass is 35.5. The first kappa shape index (κ1) is 16.1. The van der Waals surface area contributed by atoms with Gasteiger partial charge in [0.15, 0.2) is 0 Å². The summed E-state index contributed by atoms with van der Waals surface area (Å²) in [7, 11) is 0. The minimum absolute atomic E-state index is 0.290. The van der Waals surface area contributed by atoms with Gasteiger partial charge in [-0.2, -0.15) is 8.78 Å². The highest BCUT2D eigenvalue weighted by molar-refractivity contribution is 6.29. The number of aromatic nitrogens is 1. The van der Waals surface area contributed by atoms with Crippen molar-refractivity contribution in [2.45, 2.75) is 12.3 Å². The van der Waals surface area contributed by atoms with Crippen LogP contribution in [0.15, 0.2) is 12.3 Å². The maximum absolute atomic E-state index is 12.6. The molecule has 110 valence electrons. The molecule has 0 fully saturated rings. The third-order valence-corrected chi connectivity index (χ3v) is 2.30. The third-order valence-electron chi connectivity index (χ3n) is 2.09. The molecule has 0 saturated heterocycles. The first-order chi connectivity index (χ1) is 9.15. The zero-order valence-corrected chi connectivity index (χ0v) is 10.2. The minimum atomic E-state index is -4.44. The van der Waals surface area contributed by atoms with E-state index in [0.29, 0.717) is 6.20 Å². The van der Waals surface area contributed by atoms with Crippen molar-refractivity contribution >= 4 is 23.2 Å². The highest BCUT2D eigenvalue weighted by Crippen LogP contribution is 2.23. The van der Waals surface area contributed by atoms with Gasteiger partial charge >= 0.3 is 12.3 Å². The molecular formula is C9H6ClF4N3O3. The molecule has 0 spiro atoms. The highest BCUT2D eigenvalue weighted by Gasteiger charge is 2.41. The predicted octanol–water partition coefficient (Wildman–Crippen LogP) is 2.27. The van der Waals surface area contributed by atoms with Crippen molar-refractivity contribution < 1.29 is 27.3 Å². The van der Waals surface area contributed by atoms with Crippen molar-refractivity contribution in [3.8, 4) is 0 Å². The van der Waals surface area contributed by atoms with Crippen LogP contribution in [0.25, 0.3) is 0 Å². The number of nitrogens with one attached hydrogen (secondary N) is 1. The monoisotopic (exact) mass is 315 g/mol. The standard InChI is InChI=1S/C9H6ClF4N3O3/c10-6-1-4(5(2-15-6)17(19)20)7(18)16-3-9(13,14)8(11)12/h1-2,8H,3H2,(H,16,18). The van der Waals surface area contributed by atoms with Crippen LogP contribution in [0.3, 0.4) is 0 Å². The van der Waals surface area contributed by atoms with Crippen LogP contribution in [0.2, 0.25) is 5.15 Å². The van der Waals surface area contributed by atoms with E-state index in [1.165, 1.54) is 5.32 Å². The lowest BCUT2D eigenvalue weighted by molar-refractivity contribution is -0.385. The normalized spacial score (nSPS) is 11.5. The first-order valence-electron chi connectivity index (χ1n) is 4.89. The van der Waals surface area contributed by atoms with Gasteiger partial charge in [0, 0.05) is 0 Å². The second kappa shape index (κ2) is 5.99. The molecular weight excluding hydrogens is 310 g/mol. The van der Waals surface area contributed by atoms with Crippen molar-refractivity contribution in [2.24, 2.45) is 0 Å². The number of carbonyl (C=O) groups excluding carboxylic acids is 1. The van der Waals surface area contributed by atoms with Crippen LogP contribution in [0, 0.1) is 10.1 Å². The van der Waals surface area contributed by atoms with E-state index in [1.807, 2.05) is 0 Å². The average Bonchev–Trinajstić information content (AvgIpc) is 2.35. The molecule has 0 aromatic carbocycles. The average molecular weight is 316 g/mol. The van der Waals surface area contributed by atoms with Crippen LogP contribution in [0.5, 0.6) is 0 Å². The zero-order chi connectivity index (χ0) is 15.5. The van der Waals surface area contributed by atoms with E-state index in [1.54, 1.807) is 0 Å². The van der Waals surface area contributed by atoms with Gasteiger partial charge < -0.3 is 5.32 Å². The molecule has 0 aliphatic rings. The molecule has 0 aliphatic heterocycles. The predicted molar refractivity (Wildman–Crippen MR) is 59.2 cm³/mol. The van der Waals surface area contributed by atoms with Gasteiger partial charge in [0.25, 0.3) is 11.6 Å². The number of hydrogen-bond donors (Lipinski definition) is 1. The molecule has 0 bridgehead atoms. The number of halogens is 5. The van der Waals surface area contributed by atoms with Gasteiger partial charge in [-0.05, 0) is 6.07 Å². The Bertz CT molecular complexity index is 541. The summed E-state index contributed by atoms with van der Waals surface area (Å²) in [5.74, 6) is -5.78. The van der Waals surface area contributed by atoms with E-state index < -0.39 is 41.0 Å². The lowest BCUT2D eigenvalue weighted by Crippen LogP contribution is -2.41.